The number of nitrogens with zero attached hydrogens (tertiary/aromatic N) is 1. The van der Waals surface area contributed by atoms with E-state index in [4.69, 9.17) is 10.5 Å². The molecule has 1 saturated heterocycles. The number of anilines is 1. The maximum absolute atomic E-state index is 10.8. The Morgan fingerprint density at radius 1 is 1.41 bits per heavy atom. The molecule has 0 aromatic carbocycles. The topological polar surface area (TPSA) is 80.4 Å². The van der Waals surface area contributed by atoms with Crippen LogP contribution in [-0.2, 0) is 10.3 Å². The average molecular weight is 372 g/mol. The minimum Gasteiger partial charge on any atom is -0.397 e. The van der Waals surface area contributed by atoms with Gasteiger partial charge in [-0.25, -0.2) is 4.98 Å². The molecule has 0 radical (unpaired) electrons. The molecule has 1 atom stereocenters. The van der Waals surface area contributed by atoms with Gasteiger partial charge < -0.3 is 20.9 Å². The summed E-state index contributed by atoms with van der Waals surface area (Å²) in [4.78, 5) is 4.67. The normalized spacial score (nSPS) is 22.4. The third-order valence-corrected chi connectivity index (χ3v) is 5.84. The summed E-state index contributed by atoms with van der Waals surface area (Å²) >= 11 is 0. The molecule has 1 aliphatic heterocycles. The number of hydrogen-bond donors (Lipinski definition) is 3. The lowest BCUT2D eigenvalue weighted by Crippen LogP contribution is -2.34. The highest BCUT2D eigenvalue weighted by molar-refractivity contribution is 5.65. The maximum Gasteiger partial charge on any atom is 0.111 e. The van der Waals surface area contributed by atoms with Crippen molar-refractivity contribution in [1.82, 2.24) is 10.3 Å². The van der Waals surface area contributed by atoms with Crippen LogP contribution in [0, 0.1) is 0 Å². The van der Waals surface area contributed by atoms with E-state index in [1.807, 2.05) is 45.1 Å². The number of allylic oxidation sites excluding steroid dienone is 3. The van der Waals surface area contributed by atoms with Crippen molar-refractivity contribution in [2.45, 2.75) is 58.2 Å². The molecule has 0 aliphatic carbocycles. The van der Waals surface area contributed by atoms with E-state index in [-0.39, 0.29) is 5.60 Å². The first-order chi connectivity index (χ1) is 12.8. The fourth-order valence-electron chi connectivity index (χ4n) is 3.48. The third kappa shape index (κ3) is 3.94. The van der Waals surface area contributed by atoms with Crippen LogP contribution < -0.4 is 11.1 Å². The van der Waals surface area contributed by atoms with Crippen LogP contribution in [0.1, 0.15) is 58.3 Å². The second-order valence-electron chi connectivity index (χ2n) is 7.19. The van der Waals surface area contributed by atoms with Gasteiger partial charge in [-0.3, -0.25) is 0 Å². The van der Waals surface area contributed by atoms with Crippen molar-refractivity contribution in [3.05, 3.63) is 53.5 Å². The van der Waals surface area contributed by atoms with Crippen LogP contribution in [-0.4, -0.2) is 29.3 Å². The Morgan fingerprint density at radius 2 is 2.07 bits per heavy atom. The molecule has 0 spiro atoms. The fraction of sp³-hybridized carbons (Fsp3) is 0.500. The lowest BCUT2D eigenvalue weighted by molar-refractivity contribution is 0.0248. The van der Waals surface area contributed by atoms with Crippen LogP contribution in [0.25, 0.3) is 5.57 Å². The molecule has 1 unspecified atom stereocenters. The second-order valence-corrected chi connectivity index (χ2v) is 7.19. The van der Waals surface area contributed by atoms with Crippen LogP contribution in [0.15, 0.2) is 42.1 Å². The summed E-state index contributed by atoms with van der Waals surface area (Å²) in [6.45, 7) is 12.9. The standard InChI is InChI=1S/C22H33N3O2/c1-7-21(26,8-2)20-17(23)11-13-18(25-20)15(4)10-12-19-16(5)22(9-3,27-6)14-24-19/h10-13,24,26H,5,7-9,14,23H2,1-4,6H3/b15-10+,19-12+. The number of nitrogens with one attached hydrogen (secondary N) is 1. The second kappa shape index (κ2) is 8.28. The van der Waals surface area contributed by atoms with Crippen LogP contribution in [0.5, 0.6) is 0 Å². The summed E-state index contributed by atoms with van der Waals surface area (Å²) in [6, 6.07) is 3.70. The van der Waals surface area contributed by atoms with Crippen molar-refractivity contribution in [3.63, 3.8) is 0 Å². The Hall–Kier alpha value is -2.11. The zero-order valence-electron chi connectivity index (χ0n) is 17.2. The van der Waals surface area contributed by atoms with Crippen molar-refractivity contribution in [3.8, 4) is 0 Å². The van der Waals surface area contributed by atoms with Crippen molar-refractivity contribution in [2.75, 3.05) is 19.4 Å². The Bertz CT molecular complexity index is 757. The van der Waals surface area contributed by atoms with Crippen LogP contribution >= 0.6 is 0 Å². The highest BCUT2D eigenvalue weighted by Crippen LogP contribution is 2.34. The summed E-state index contributed by atoms with van der Waals surface area (Å²) in [7, 11) is 1.73. The van der Waals surface area contributed by atoms with Gasteiger partial charge in [0.2, 0.25) is 0 Å². The highest BCUT2D eigenvalue weighted by Gasteiger charge is 2.38. The molecule has 4 N–H and O–H groups in total. The Balaban J connectivity index is 2.33. The molecule has 5 heteroatoms. The van der Waals surface area contributed by atoms with Crippen LogP contribution in [0.4, 0.5) is 5.69 Å². The van der Waals surface area contributed by atoms with Gasteiger partial charge >= 0.3 is 0 Å². The molecule has 0 bridgehead atoms. The fourth-order valence-corrected chi connectivity index (χ4v) is 3.48. The van der Waals surface area contributed by atoms with Gasteiger partial charge in [0.1, 0.15) is 11.2 Å². The lowest BCUT2D eigenvalue weighted by Gasteiger charge is -2.26. The number of pyridine rings is 1. The number of ether oxygens (including phenoxy) is 1. The molecule has 5 nitrogen and oxygen atoms in total. The molecule has 1 fully saturated rings. The average Bonchev–Trinajstić information content (AvgIpc) is 3.01. The lowest BCUT2D eigenvalue weighted by atomic mass is 9.91. The molecule has 0 saturated carbocycles. The van der Waals surface area contributed by atoms with E-state index in [0.717, 1.165) is 35.5 Å². The van der Waals surface area contributed by atoms with Crippen molar-refractivity contribution in [2.24, 2.45) is 0 Å². The summed E-state index contributed by atoms with van der Waals surface area (Å²) < 4.78 is 5.70. The van der Waals surface area contributed by atoms with Gasteiger partial charge in [0.25, 0.3) is 0 Å². The molecule has 2 heterocycles. The molecule has 1 aromatic heterocycles. The summed E-state index contributed by atoms with van der Waals surface area (Å²) in [5.41, 5.74) is 9.56. The predicted octanol–water partition coefficient (Wildman–Crippen LogP) is 3.91. The molecule has 0 amide bonds. The number of hydrogen-bond acceptors (Lipinski definition) is 5. The minimum atomic E-state index is -1.00. The largest absolute Gasteiger partial charge is 0.397 e. The minimum absolute atomic E-state index is 0.334. The smallest absolute Gasteiger partial charge is 0.111 e. The number of nitrogens with two attached hydrogens (primary N) is 1. The summed E-state index contributed by atoms with van der Waals surface area (Å²) in [5.74, 6) is 0. The SMILES string of the molecule is C=C1/C(=C\C=C(/C)c2ccc(N)c(C(O)(CC)CC)n2)NCC1(CC)OC. The van der Waals surface area contributed by atoms with Gasteiger partial charge in [-0.2, -0.15) is 0 Å². The first kappa shape index (κ1) is 21.2. The van der Waals surface area contributed by atoms with Crippen LogP contribution in [0.2, 0.25) is 0 Å². The molecule has 27 heavy (non-hydrogen) atoms. The van der Waals surface area contributed by atoms with Gasteiger partial charge in [-0.1, -0.05) is 33.4 Å². The number of methoxy groups -OCH3 is 1. The molecule has 1 aliphatic rings. The van der Waals surface area contributed by atoms with E-state index in [1.54, 1.807) is 7.11 Å². The van der Waals surface area contributed by atoms with Gasteiger partial charge in [0.05, 0.1) is 17.1 Å². The summed E-state index contributed by atoms with van der Waals surface area (Å²) in [6.07, 6.45) is 6.02. The molecule has 1 aromatic rings. The van der Waals surface area contributed by atoms with E-state index < -0.39 is 5.60 Å². The highest BCUT2D eigenvalue weighted by atomic mass is 16.5. The first-order valence-corrected chi connectivity index (χ1v) is 9.64. The van der Waals surface area contributed by atoms with Gasteiger partial charge in [-0.05, 0) is 50.0 Å². The zero-order chi connectivity index (χ0) is 20.2. The van der Waals surface area contributed by atoms with E-state index >= 15 is 0 Å². The molecular weight excluding hydrogens is 338 g/mol. The van der Waals surface area contributed by atoms with Crippen molar-refractivity contribution >= 4 is 11.3 Å². The maximum atomic E-state index is 10.8. The molecule has 2 rings (SSSR count). The summed E-state index contributed by atoms with van der Waals surface area (Å²) in [5, 5.41) is 14.2. The van der Waals surface area contributed by atoms with E-state index in [0.29, 0.717) is 24.2 Å². The van der Waals surface area contributed by atoms with Crippen molar-refractivity contribution in [1.29, 1.82) is 0 Å². The first-order valence-electron chi connectivity index (χ1n) is 9.64. The van der Waals surface area contributed by atoms with Crippen LogP contribution in [0.3, 0.4) is 0 Å². The van der Waals surface area contributed by atoms with Gasteiger partial charge in [-0.15, -0.1) is 0 Å². The van der Waals surface area contributed by atoms with E-state index in [1.165, 1.54) is 0 Å². The van der Waals surface area contributed by atoms with Crippen molar-refractivity contribution < 1.29 is 9.84 Å². The quantitative estimate of drug-likeness (QED) is 0.677. The number of aromatic nitrogens is 1. The predicted molar refractivity (Wildman–Crippen MR) is 112 cm³/mol. The number of aliphatic hydroxyl groups is 1. The Morgan fingerprint density at radius 3 is 2.59 bits per heavy atom. The number of rotatable bonds is 7. The Kier molecular flexibility index (Phi) is 6.50. The molecule has 148 valence electrons. The van der Waals surface area contributed by atoms with Gasteiger partial charge in [0.15, 0.2) is 0 Å². The Labute approximate surface area is 163 Å². The third-order valence-electron chi connectivity index (χ3n) is 5.84. The zero-order valence-corrected chi connectivity index (χ0v) is 17.2. The number of nitrogen functional groups attached to an aromatic ring is 1. The van der Waals surface area contributed by atoms with E-state index in [2.05, 4.69) is 23.8 Å². The molecular formula is C22H33N3O2. The van der Waals surface area contributed by atoms with E-state index in [9.17, 15) is 5.11 Å². The van der Waals surface area contributed by atoms with Gasteiger partial charge in [0, 0.05) is 24.9 Å². The monoisotopic (exact) mass is 371 g/mol.